The highest BCUT2D eigenvalue weighted by molar-refractivity contribution is 6.07. The molecule has 31 heavy (non-hydrogen) atoms. The molecule has 8 nitrogen and oxygen atoms in total. The molecule has 3 rings (SSSR count). The average Bonchev–Trinajstić information content (AvgIpc) is 3.02. The van der Waals surface area contributed by atoms with Crippen LogP contribution in [0.3, 0.4) is 0 Å². The molecular formula is C21H28F2N4O4. The van der Waals surface area contributed by atoms with Crippen molar-refractivity contribution in [1.82, 2.24) is 15.5 Å². The molecule has 0 bridgehead atoms. The number of benzene rings is 1. The predicted octanol–water partition coefficient (Wildman–Crippen LogP) is 2.02. The maximum absolute atomic E-state index is 13.9. The van der Waals surface area contributed by atoms with Crippen LogP contribution in [0.1, 0.15) is 33.6 Å². The Morgan fingerprint density at radius 1 is 1.32 bits per heavy atom. The number of ether oxygens (including phenoxy) is 1. The second kappa shape index (κ2) is 8.68. The fraction of sp³-hybridized carbons (Fsp3) is 0.571. The van der Waals surface area contributed by atoms with Gasteiger partial charge in [-0.05, 0) is 19.8 Å². The molecule has 4 amide bonds. The van der Waals surface area contributed by atoms with Crippen LogP contribution in [0, 0.1) is 17.6 Å². The van der Waals surface area contributed by atoms with Gasteiger partial charge in [0.1, 0.15) is 5.54 Å². The molecule has 2 heterocycles. The van der Waals surface area contributed by atoms with E-state index in [4.69, 9.17) is 4.74 Å². The van der Waals surface area contributed by atoms with Gasteiger partial charge in [0, 0.05) is 49.4 Å². The van der Waals surface area contributed by atoms with Crippen LogP contribution >= 0.6 is 0 Å². The molecule has 2 aliphatic heterocycles. The van der Waals surface area contributed by atoms with Gasteiger partial charge in [-0.2, -0.15) is 4.39 Å². The van der Waals surface area contributed by atoms with E-state index in [1.54, 1.807) is 18.7 Å². The van der Waals surface area contributed by atoms with Gasteiger partial charge in [-0.3, -0.25) is 14.9 Å². The summed E-state index contributed by atoms with van der Waals surface area (Å²) in [7, 11) is 1.28. The van der Waals surface area contributed by atoms with Crippen molar-refractivity contribution < 1.29 is 27.9 Å². The van der Waals surface area contributed by atoms with E-state index in [1.165, 1.54) is 13.2 Å². The van der Waals surface area contributed by atoms with E-state index >= 15 is 0 Å². The topological polar surface area (TPSA) is 91.0 Å². The summed E-state index contributed by atoms with van der Waals surface area (Å²) in [5.74, 6) is -3.20. The van der Waals surface area contributed by atoms with Crippen LogP contribution in [0.15, 0.2) is 12.1 Å². The Kier molecular flexibility index (Phi) is 6.38. The number of piperazine rings is 1. The first-order valence-electron chi connectivity index (χ1n) is 10.3. The smallest absolute Gasteiger partial charge is 0.322 e. The molecule has 1 aromatic carbocycles. The third kappa shape index (κ3) is 4.28. The molecule has 3 atom stereocenters. The minimum absolute atomic E-state index is 0.115. The Morgan fingerprint density at radius 3 is 2.58 bits per heavy atom. The van der Waals surface area contributed by atoms with E-state index in [2.05, 4.69) is 10.6 Å². The largest absolute Gasteiger partial charge is 0.493 e. The van der Waals surface area contributed by atoms with Crippen molar-refractivity contribution in [3.8, 4) is 5.75 Å². The lowest BCUT2D eigenvalue weighted by Gasteiger charge is -2.42. The Labute approximate surface area is 179 Å². The van der Waals surface area contributed by atoms with Crippen molar-refractivity contribution in [2.24, 2.45) is 5.92 Å². The number of carbonyl (C=O) groups is 3. The molecule has 0 radical (unpaired) electrons. The van der Waals surface area contributed by atoms with E-state index in [0.29, 0.717) is 31.7 Å². The highest BCUT2D eigenvalue weighted by Crippen LogP contribution is 2.31. The summed E-state index contributed by atoms with van der Waals surface area (Å²) in [6.07, 6.45) is 0.583. The Bertz CT molecular complexity index is 896. The first kappa shape index (κ1) is 22.8. The lowest BCUT2D eigenvalue weighted by atomic mass is 9.85. The molecule has 170 valence electrons. The van der Waals surface area contributed by atoms with Crippen molar-refractivity contribution in [2.75, 3.05) is 31.6 Å². The van der Waals surface area contributed by atoms with Crippen LogP contribution in [0.5, 0.6) is 5.75 Å². The van der Waals surface area contributed by atoms with E-state index in [-0.39, 0.29) is 24.1 Å². The fourth-order valence-electron chi connectivity index (χ4n) is 4.39. The van der Waals surface area contributed by atoms with Gasteiger partial charge >= 0.3 is 6.03 Å². The number of nitrogens with zero attached hydrogens (tertiary/aromatic N) is 2. The third-order valence-corrected chi connectivity index (χ3v) is 6.16. The minimum Gasteiger partial charge on any atom is -0.493 e. The summed E-state index contributed by atoms with van der Waals surface area (Å²) >= 11 is 0. The van der Waals surface area contributed by atoms with E-state index in [1.807, 2.05) is 11.8 Å². The van der Waals surface area contributed by atoms with Crippen LogP contribution in [0.4, 0.5) is 19.3 Å². The average molecular weight is 438 g/mol. The van der Waals surface area contributed by atoms with Crippen molar-refractivity contribution in [3.63, 3.8) is 0 Å². The second-order valence-corrected chi connectivity index (χ2v) is 8.22. The summed E-state index contributed by atoms with van der Waals surface area (Å²) in [6, 6.07) is 1.88. The maximum atomic E-state index is 13.9. The number of imide groups is 1. The van der Waals surface area contributed by atoms with Gasteiger partial charge in [-0.25, -0.2) is 9.18 Å². The van der Waals surface area contributed by atoms with Gasteiger partial charge in [0.05, 0.1) is 7.11 Å². The summed E-state index contributed by atoms with van der Waals surface area (Å²) in [4.78, 5) is 40.5. The van der Waals surface area contributed by atoms with E-state index < -0.39 is 35.0 Å². The SMILES string of the molecule is CC[C@]1(C[C@@H](C)C(=O)N2CCN(c3cc(F)c(F)c(OC)c3)[C@@H](C)C2)NC(=O)NC1=O. The van der Waals surface area contributed by atoms with Gasteiger partial charge in [-0.1, -0.05) is 13.8 Å². The zero-order valence-corrected chi connectivity index (χ0v) is 18.1. The molecule has 0 spiro atoms. The molecule has 2 aliphatic rings. The molecule has 0 saturated carbocycles. The molecular weight excluding hydrogens is 410 g/mol. The molecule has 2 fully saturated rings. The normalized spacial score (nSPS) is 24.6. The van der Waals surface area contributed by atoms with Crippen molar-refractivity contribution in [1.29, 1.82) is 0 Å². The van der Waals surface area contributed by atoms with Gasteiger partial charge in [0.2, 0.25) is 11.7 Å². The first-order chi connectivity index (χ1) is 14.6. The molecule has 2 N–H and O–H groups in total. The maximum Gasteiger partial charge on any atom is 0.322 e. The number of rotatable bonds is 6. The molecule has 0 unspecified atom stereocenters. The third-order valence-electron chi connectivity index (χ3n) is 6.16. The fourth-order valence-corrected chi connectivity index (χ4v) is 4.39. The van der Waals surface area contributed by atoms with Crippen molar-refractivity contribution >= 4 is 23.5 Å². The second-order valence-electron chi connectivity index (χ2n) is 8.22. The number of urea groups is 1. The number of hydrogen-bond acceptors (Lipinski definition) is 5. The number of nitrogens with one attached hydrogen (secondary N) is 2. The Balaban J connectivity index is 1.68. The number of carbonyl (C=O) groups excluding carboxylic acids is 3. The Morgan fingerprint density at radius 2 is 2.03 bits per heavy atom. The highest BCUT2D eigenvalue weighted by Gasteiger charge is 2.46. The zero-order valence-electron chi connectivity index (χ0n) is 18.1. The van der Waals surface area contributed by atoms with Crippen molar-refractivity contribution in [2.45, 2.75) is 45.2 Å². The van der Waals surface area contributed by atoms with E-state index in [0.717, 1.165) is 6.07 Å². The number of amides is 4. The monoisotopic (exact) mass is 438 g/mol. The van der Waals surface area contributed by atoms with Gasteiger partial charge in [0.15, 0.2) is 11.6 Å². The Hall–Kier alpha value is -2.91. The predicted molar refractivity (Wildman–Crippen MR) is 110 cm³/mol. The first-order valence-corrected chi connectivity index (χ1v) is 10.3. The zero-order chi connectivity index (χ0) is 22.9. The molecule has 1 aromatic rings. The lowest BCUT2D eigenvalue weighted by molar-refractivity contribution is -0.137. The minimum atomic E-state index is -1.08. The van der Waals surface area contributed by atoms with Crippen LogP contribution in [0.25, 0.3) is 0 Å². The molecule has 0 aliphatic carbocycles. The van der Waals surface area contributed by atoms with E-state index in [9.17, 15) is 23.2 Å². The summed E-state index contributed by atoms with van der Waals surface area (Å²) in [5.41, 5.74) is -0.597. The van der Waals surface area contributed by atoms with Crippen LogP contribution in [-0.4, -0.2) is 61.1 Å². The van der Waals surface area contributed by atoms with Gasteiger partial charge in [-0.15, -0.1) is 0 Å². The summed E-state index contributed by atoms with van der Waals surface area (Å²) < 4.78 is 32.6. The standard InChI is InChI=1S/C21H28F2N4O4/c1-5-21(19(29)24-20(30)25-21)10-12(2)18(28)26-6-7-27(13(3)11-26)14-8-15(22)17(23)16(9-14)31-4/h8-9,12-13H,5-7,10-11H2,1-4H3,(H2,24,25,29,30)/t12-,13+,21-/m1/s1. The number of anilines is 1. The van der Waals surface area contributed by atoms with Gasteiger partial charge < -0.3 is 19.9 Å². The van der Waals surface area contributed by atoms with Crippen LogP contribution in [-0.2, 0) is 9.59 Å². The summed E-state index contributed by atoms with van der Waals surface area (Å²) in [5, 5.41) is 4.90. The molecule has 10 heteroatoms. The summed E-state index contributed by atoms with van der Waals surface area (Å²) in [6.45, 7) is 6.66. The lowest BCUT2D eigenvalue weighted by Crippen LogP contribution is -2.56. The van der Waals surface area contributed by atoms with Crippen molar-refractivity contribution in [3.05, 3.63) is 23.8 Å². The highest BCUT2D eigenvalue weighted by atomic mass is 19.2. The van der Waals surface area contributed by atoms with Gasteiger partial charge in [0.25, 0.3) is 5.91 Å². The van der Waals surface area contributed by atoms with Crippen LogP contribution < -0.4 is 20.3 Å². The molecule has 0 aromatic heterocycles. The number of hydrogen-bond donors (Lipinski definition) is 2. The number of methoxy groups -OCH3 is 1. The quantitative estimate of drug-likeness (QED) is 0.664. The van der Waals surface area contributed by atoms with Crippen LogP contribution in [0.2, 0.25) is 0 Å². The number of halogens is 2. The molecule has 2 saturated heterocycles.